The molecule has 1 aromatic heterocycles. The zero-order valence-corrected chi connectivity index (χ0v) is 17.1. The molecule has 0 saturated carbocycles. The first-order valence-electron chi connectivity index (χ1n) is 8.79. The van der Waals surface area contributed by atoms with Crippen molar-refractivity contribution >= 4 is 27.7 Å². The molecule has 150 valence electrons. The molecule has 3 rings (SSSR count). The van der Waals surface area contributed by atoms with Crippen LogP contribution in [0.2, 0.25) is 0 Å². The summed E-state index contributed by atoms with van der Waals surface area (Å²) in [4.78, 5) is 15.5. The number of carbonyl (C=O) groups is 1. The maximum absolute atomic E-state index is 14.4. The van der Waals surface area contributed by atoms with Crippen molar-refractivity contribution in [1.29, 1.82) is 0 Å². The minimum Gasteiger partial charge on any atom is -0.507 e. The summed E-state index contributed by atoms with van der Waals surface area (Å²) in [5, 5.41) is 16.0. The Hall–Kier alpha value is -3.00. The summed E-state index contributed by atoms with van der Waals surface area (Å²) < 4.78 is 28.8. The summed E-state index contributed by atoms with van der Waals surface area (Å²) in [6.45, 7) is 2.17. The van der Waals surface area contributed by atoms with E-state index in [9.17, 15) is 18.7 Å². The van der Waals surface area contributed by atoms with Gasteiger partial charge in [-0.2, -0.15) is 0 Å². The number of nitrogens with zero attached hydrogens (tertiary/aromatic N) is 1. The number of halogens is 3. The van der Waals surface area contributed by atoms with Gasteiger partial charge in [0.2, 0.25) is 5.91 Å². The SMILES string of the molecule is CC(=O)NCCNc1cc(-c2cccc(F)c2F)cc(-c2cc(Br)ccc2O)n1. The molecule has 5 nitrogen and oxygen atoms in total. The highest BCUT2D eigenvalue weighted by molar-refractivity contribution is 9.10. The van der Waals surface area contributed by atoms with Crippen LogP contribution < -0.4 is 10.6 Å². The minimum atomic E-state index is -0.965. The fraction of sp³-hybridized carbons (Fsp3) is 0.143. The molecular weight excluding hydrogens is 444 g/mol. The van der Waals surface area contributed by atoms with Crippen LogP contribution in [0.4, 0.5) is 14.6 Å². The zero-order valence-electron chi connectivity index (χ0n) is 15.5. The monoisotopic (exact) mass is 461 g/mol. The van der Waals surface area contributed by atoms with Crippen LogP contribution in [0.5, 0.6) is 5.75 Å². The third-order valence-electron chi connectivity index (χ3n) is 4.13. The lowest BCUT2D eigenvalue weighted by Crippen LogP contribution is -2.26. The van der Waals surface area contributed by atoms with Gasteiger partial charge in [0, 0.05) is 35.6 Å². The molecule has 0 unspecified atom stereocenters. The molecule has 1 heterocycles. The molecule has 0 fully saturated rings. The van der Waals surface area contributed by atoms with Crippen LogP contribution in [0.15, 0.2) is 53.0 Å². The summed E-state index contributed by atoms with van der Waals surface area (Å²) in [6, 6.07) is 12.0. The molecule has 8 heteroatoms. The second kappa shape index (κ2) is 9.00. The van der Waals surface area contributed by atoms with E-state index in [1.165, 1.54) is 25.1 Å². The smallest absolute Gasteiger partial charge is 0.216 e. The molecule has 0 radical (unpaired) electrons. The first kappa shape index (κ1) is 20.7. The van der Waals surface area contributed by atoms with Crippen molar-refractivity contribution in [2.24, 2.45) is 0 Å². The first-order chi connectivity index (χ1) is 13.8. The van der Waals surface area contributed by atoms with Gasteiger partial charge in [-0.15, -0.1) is 0 Å². The molecule has 0 saturated heterocycles. The summed E-state index contributed by atoms with van der Waals surface area (Å²) in [5.41, 5.74) is 1.29. The second-order valence-corrected chi connectivity index (χ2v) is 7.21. The molecule has 2 aromatic carbocycles. The minimum absolute atomic E-state index is 0.00163. The normalized spacial score (nSPS) is 10.6. The third-order valence-corrected chi connectivity index (χ3v) is 4.62. The number of rotatable bonds is 6. The van der Waals surface area contributed by atoms with Gasteiger partial charge in [0.1, 0.15) is 11.6 Å². The molecule has 0 aliphatic rings. The standard InChI is InChI=1S/C21H18BrF2N3O2/c1-12(28)25-7-8-26-20-10-13(15-3-2-4-17(23)21(15)24)9-18(27-20)16-11-14(22)5-6-19(16)29/h2-6,9-11,29H,7-8H2,1H3,(H,25,28)(H,26,27). The van der Waals surface area contributed by atoms with Gasteiger partial charge in [-0.05, 0) is 42.0 Å². The number of amides is 1. The number of anilines is 1. The van der Waals surface area contributed by atoms with Gasteiger partial charge in [-0.25, -0.2) is 13.8 Å². The Morgan fingerprint density at radius 3 is 2.66 bits per heavy atom. The number of hydrogen-bond acceptors (Lipinski definition) is 4. The molecule has 0 spiro atoms. The van der Waals surface area contributed by atoms with Gasteiger partial charge < -0.3 is 15.7 Å². The van der Waals surface area contributed by atoms with Crippen molar-refractivity contribution < 1.29 is 18.7 Å². The van der Waals surface area contributed by atoms with E-state index < -0.39 is 11.6 Å². The number of nitrogens with one attached hydrogen (secondary N) is 2. The van der Waals surface area contributed by atoms with Gasteiger partial charge in [0.15, 0.2) is 11.6 Å². The maximum atomic E-state index is 14.4. The number of aromatic nitrogens is 1. The van der Waals surface area contributed by atoms with E-state index in [1.54, 1.807) is 24.3 Å². The number of carbonyl (C=O) groups excluding carboxylic acids is 1. The van der Waals surface area contributed by atoms with Crippen molar-refractivity contribution in [2.75, 3.05) is 18.4 Å². The quantitative estimate of drug-likeness (QED) is 0.464. The Balaban J connectivity index is 2.05. The van der Waals surface area contributed by atoms with E-state index in [1.807, 2.05) is 0 Å². The van der Waals surface area contributed by atoms with Crippen molar-refractivity contribution in [1.82, 2.24) is 10.3 Å². The van der Waals surface area contributed by atoms with E-state index >= 15 is 0 Å². The second-order valence-electron chi connectivity index (χ2n) is 6.30. The van der Waals surface area contributed by atoms with Crippen LogP contribution in [0.25, 0.3) is 22.4 Å². The highest BCUT2D eigenvalue weighted by Gasteiger charge is 2.15. The Morgan fingerprint density at radius 1 is 1.10 bits per heavy atom. The van der Waals surface area contributed by atoms with Crippen molar-refractivity contribution in [3.8, 4) is 28.1 Å². The van der Waals surface area contributed by atoms with Crippen molar-refractivity contribution in [3.63, 3.8) is 0 Å². The predicted molar refractivity (Wildman–Crippen MR) is 112 cm³/mol. The highest BCUT2D eigenvalue weighted by Crippen LogP contribution is 2.35. The molecule has 3 N–H and O–H groups in total. The van der Waals surface area contributed by atoms with Crippen LogP contribution >= 0.6 is 15.9 Å². The summed E-state index contributed by atoms with van der Waals surface area (Å²) in [7, 11) is 0. The number of pyridine rings is 1. The van der Waals surface area contributed by atoms with Crippen LogP contribution in [0.1, 0.15) is 6.92 Å². The van der Waals surface area contributed by atoms with Gasteiger partial charge >= 0.3 is 0 Å². The number of hydrogen-bond donors (Lipinski definition) is 3. The van der Waals surface area contributed by atoms with E-state index in [2.05, 4.69) is 31.5 Å². The highest BCUT2D eigenvalue weighted by atomic mass is 79.9. The maximum Gasteiger partial charge on any atom is 0.216 e. The Bertz CT molecular complexity index is 1040. The van der Waals surface area contributed by atoms with E-state index in [0.717, 1.165) is 10.5 Å². The molecule has 3 aromatic rings. The van der Waals surface area contributed by atoms with Gasteiger partial charge in [-0.1, -0.05) is 28.1 Å². The molecule has 29 heavy (non-hydrogen) atoms. The van der Waals surface area contributed by atoms with Crippen molar-refractivity contribution in [2.45, 2.75) is 6.92 Å². The molecule has 0 bridgehead atoms. The fourth-order valence-corrected chi connectivity index (χ4v) is 3.14. The van der Waals surface area contributed by atoms with Gasteiger partial charge in [0.25, 0.3) is 0 Å². The van der Waals surface area contributed by atoms with Gasteiger partial charge in [0.05, 0.1) is 5.69 Å². The molecule has 0 atom stereocenters. The lowest BCUT2D eigenvalue weighted by molar-refractivity contribution is -0.118. The van der Waals surface area contributed by atoms with Gasteiger partial charge in [-0.3, -0.25) is 4.79 Å². The first-order valence-corrected chi connectivity index (χ1v) is 9.58. The van der Waals surface area contributed by atoms with E-state index in [-0.39, 0.29) is 17.2 Å². The number of benzene rings is 2. The third kappa shape index (κ3) is 5.08. The molecular formula is C21H18BrF2N3O2. The van der Waals surface area contributed by atoms with E-state index in [0.29, 0.717) is 35.7 Å². The van der Waals surface area contributed by atoms with E-state index in [4.69, 9.17) is 0 Å². The van der Waals surface area contributed by atoms with Crippen LogP contribution in [-0.2, 0) is 4.79 Å². The zero-order chi connectivity index (χ0) is 21.0. The number of aromatic hydroxyl groups is 1. The fourth-order valence-electron chi connectivity index (χ4n) is 2.78. The predicted octanol–water partition coefficient (Wildman–Crippen LogP) is 4.71. The van der Waals surface area contributed by atoms with Crippen LogP contribution in [0, 0.1) is 11.6 Å². The van der Waals surface area contributed by atoms with Crippen molar-refractivity contribution in [3.05, 3.63) is 64.6 Å². The summed E-state index contributed by atoms with van der Waals surface area (Å²) in [5.74, 6) is -1.68. The summed E-state index contributed by atoms with van der Waals surface area (Å²) >= 11 is 3.36. The largest absolute Gasteiger partial charge is 0.507 e. The molecule has 1 amide bonds. The molecule has 0 aliphatic heterocycles. The Kier molecular flexibility index (Phi) is 6.43. The number of phenolic OH excluding ortho intramolecular Hbond substituents is 1. The molecule has 0 aliphatic carbocycles. The lowest BCUT2D eigenvalue weighted by Gasteiger charge is -2.13. The van der Waals surface area contributed by atoms with Crippen LogP contribution in [0.3, 0.4) is 0 Å². The number of phenols is 1. The van der Waals surface area contributed by atoms with Crippen LogP contribution in [-0.4, -0.2) is 29.1 Å². The Morgan fingerprint density at radius 2 is 1.90 bits per heavy atom. The lowest BCUT2D eigenvalue weighted by atomic mass is 10.0. The topological polar surface area (TPSA) is 74.2 Å². The average molecular weight is 462 g/mol. The average Bonchev–Trinajstić information content (AvgIpc) is 2.69. The summed E-state index contributed by atoms with van der Waals surface area (Å²) in [6.07, 6.45) is 0. The Labute approximate surface area is 174 Å².